The first-order chi connectivity index (χ1) is 5.81. The van der Waals surface area contributed by atoms with Crippen LogP contribution in [0, 0.1) is 18.3 Å². The Hall–Kier alpha value is -0.520. The zero-order valence-electron chi connectivity index (χ0n) is 8.10. The molecule has 12 heavy (non-hydrogen) atoms. The Balaban J connectivity index is 3.09. The van der Waals surface area contributed by atoms with E-state index >= 15 is 0 Å². The van der Waals surface area contributed by atoms with Crippen LogP contribution < -0.4 is 5.32 Å². The first-order valence-corrected chi connectivity index (χ1v) is 4.44. The van der Waals surface area contributed by atoms with Gasteiger partial charge in [-0.05, 0) is 18.9 Å². The fourth-order valence-electron chi connectivity index (χ4n) is 0.954. The van der Waals surface area contributed by atoms with Crippen molar-refractivity contribution in [2.75, 3.05) is 26.8 Å². The van der Waals surface area contributed by atoms with Gasteiger partial charge in [-0.1, -0.05) is 6.92 Å². The Morgan fingerprint density at radius 3 is 2.92 bits per heavy atom. The molecule has 0 aromatic carbocycles. The van der Waals surface area contributed by atoms with Gasteiger partial charge in [0.25, 0.3) is 0 Å². The molecule has 2 heteroatoms. The Morgan fingerprint density at radius 2 is 2.33 bits per heavy atom. The zero-order valence-corrected chi connectivity index (χ0v) is 8.10. The molecular formula is C10H19NO. The van der Waals surface area contributed by atoms with Gasteiger partial charge in [0.15, 0.2) is 0 Å². The molecule has 0 aliphatic heterocycles. The van der Waals surface area contributed by atoms with Gasteiger partial charge in [0.2, 0.25) is 0 Å². The van der Waals surface area contributed by atoms with Crippen molar-refractivity contribution in [2.45, 2.75) is 19.8 Å². The highest BCUT2D eigenvalue weighted by atomic mass is 16.5. The van der Waals surface area contributed by atoms with Crippen molar-refractivity contribution < 1.29 is 4.74 Å². The summed E-state index contributed by atoms with van der Waals surface area (Å²) >= 11 is 0. The van der Waals surface area contributed by atoms with Crippen LogP contribution >= 0.6 is 0 Å². The van der Waals surface area contributed by atoms with E-state index in [-0.39, 0.29) is 0 Å². The number of hydrogen-bond acceptors (Lipinski definition) is 2. The van der Waals surface area contributed by atoms with Gasteiger partial charge in [0.1, 0.15) is 0 Å². The Labute approximate surface area is 75.7 Å². The fourth-order valence-corrected chi connectivity index (χ4v) is 0.954. The van der Waals surface area contributed by atoms with Crippen LogP contribution in [0.4, 0.5) is 0 Å². The van der Waals surface area contributed by atoms with Crippen molar-refractivity contribution in [3.8, 4) is 12.3 Å². The standard InChI is InChI=1S/C10H19NO/c1-4-5-6-10(2)9-11-7-8-12-3/h1,10-11H,5-9H2,2-3H3. The van der Waals surface area contributed by atoms with Crippen molar-refractivity contribution in [3.63, 3.8) is 0 Å². The highest BCUT2D eigenvalue weighted by Gasteiger charge is 1.98. The summed E-state index contributed by atoms with van der Waals surface area (Å²) in [5, 5.41) is 3.30. The third kappa shape index (κ3) is 7.59. The topological polar surface area (TPSA) is 21.3 Å². The molecule has 0 bridgehead atoms. The molecule has 0 amide bonds. The predicted molar refractivity (Wildman–Crippen MR) is 52.0 cm³/mol. The number of rotatable bonds is 7. The summed E-state index contributed by atoms with van der Waals surface area (Å²) in [6.45, 7) is 4.95. The van der Waals surface area contributed by atoms with E-state index in [1.54, 1.807) is 7.11 Å². The van der Waals surface area contributed by atoms with Gasteiger partial charge in [0.05, 0.1) is 6.61 Å². The van der Waals surface area contributed by atoms with Crippen LogP contribution in [0.5, 0.6) is 0 Å². The quantitative estimate of drug-likeness (QED) is 0.458. The van der Waals surface area contributed by atoms with E-state index in [0.717, 1.165) is 32.5 Å². The molecule has 2 nitrogen and oxygen atoms in total. The lowest BCUT2D eigenvalue weighted by Gasteiger charge is -2.10. The van der Waals surface area contributed by atoms with E-state index in [1.165, 1.54) is 0 Å². The van der Waals surface area contributed by atoms with Crippen LogP contribution in [-0.4, -0.2) is 26.8 Å². The number of ether oxygens (including phenoxy) is 1. The van der Waals surface area contributed by atoms with Gasteiger partial charge in [0, 0.05) is 20.1 Å². The second kappa shape index (κ2) is 8.58. The number of nitrogens with one attached hydrogen (secondary N) is 1. The molecule has 0 fully saturated rings. The van der Waals surface area contributed by atoms with Crippen molar-refractivity contribution in [1.82, 2.24) is 5.32 Å². The predicted octanol–water partition coefficient (Wildman–Crippen LogP) is 1.27. The van der Waals surface area contributed by atoms with E-state index < -0.39 is 0 Å². The minimum atomic E-state index is 0.665. The maximum absolute atomic E-state index is 5.16. The minimum Gasteiger partial charge on any atom is -0.383 e. The average Bonchev–Trinajstić information content (AvgIpc) is 2.09. The van der Waals surface area contributed by atoms with Crippen molar-refractivity contribution in [3.05, 3.63) is 0 Å². The molecule has 0 aliphatic carbocycles. The lowest BCUT2D eigenvalue weighted by Crippen LogP contribution is -2.24. The smallest absolute Gasteiger partial charge is 0.0587 e. The average molecular weight is 169 g/mol. The summed E-state index contributed by atoms with van der Waals surface area (Å²) in [6.07, 6.45) is 7.15. The molecule has 0 saturated carbocycles. The molecule has 0 aliphatic rings. The van der Waals surface area contributed by atoms with E-state index in [0.29, 0.717) is 5.92 Å². The number of methoxy groups -OCH3 is 1. The molecule has 0 radical (unpaired) electrons. The van der Waals surface area contributed by atoms with Crippen LogP contribution in [0.15, 0.2) is 0 Å². The van der Waals surface area contributed by atoms with Crippen molar-refractivity contribution in [2.24, 2.45) is 5.92 Å². The summed E-state index contributed by atoms with van der Waals surface area (Å²) in [7, 11) is 1.71. The van der Waals surface area contributed by atoms with Crippen LogP contribution in [0.25, 0.3) is 0 Å². The van der Waals surface area contributed by atoms with Gasteiger partial charge < -0.3 is 10.1 Å². The van der Waals surface area contributed by atoms with Crippen LogP contribution in [-0.2, 0) is 4.74 Å². The van der Waals surface area contributed by atoms with Gasteiger partial charge in [-0.3, -0.25) is 0 Å². The summed E-state index contributed by atoms with van der Waals surface area (Å²) in [4.78, 5) is 0. The number of terminal acetylenes is 1. The second-order valence-electron chi connectivity index (χ2n) is 3.04. The van der Waals surface area contributed by atoms with Crippen molar-refractivity contribution in [1.29, 1.82) is 0 Å². The molecule has 0 spiro atoms. The molecule has 70 valence electrons. The molecule has 1 unspecified atom stereocenters. The summed E-state index contributed by atoms with van der Waals surface area (Å²) < 4.78 is 4.91. The zero-order chi connectivity index (χ0) is 9.23. The van der Waals surface area contributed by atoms with Crippen LogP contribution in [0.3, 0.4) is 0 Å². The van der Waals surface area contributed by atoms with E-state index in [1.807, 2.05) is 0 Å². The van der Waals surface area contributed by atoms with E-state index in [2.05, 4.69) is 18.2 Å². The van der Waals surface area contributed by atoms with Crippen LogP contribution in [0.1, 0.15) is 19.8 Å². The van der Waals surface area contributed by atoms with Gasteiger partial charge in [-0.2, -0.15) is 0 Å². The number of hydrogen-bond donors (Lipinski definition) is 1. The highest BCUT2D eigenvalue weighted by molar-refractivity contribution is 4.83. The van der Waals surface area contributed by atoms with Gasteiger partial charge in [-0.15, -0.1) is 12.3 Å². The minimum absolute atomic E-state index is 0.665. The summed E-state index contributed by atoms with van der Waals surface area (Å²) in [5.74, 6) is 3.31. The highest BCUT2D eigenvalue weighted by Crippen LogP contribution is 2.02. The molecule has 0 aromatic heterocycles. The maximum atomic E-state index is 5.16. The monoisotopic (exact) mass is 169 g/mol. The molecule has 0 heterocycles. The fraction of sp³-hybridized carbons (Fsp3) is 0.800. The SMILES string of the molecule is C#CCCC(C)CNCCOC. The molecule has 1 N–H and O–H groups in total. The lowest BCUT2D eigenvalue weighted by molar-refractivity contribution is 0.198. The molecule has 0 aromatic rings. The molecule has 1 atom stereocenters. The lowest BCUT2D eigenvalue weighted by atomic mass is 10.1. The third-order valence-corrected chi connectivity index (χ3v) is 1.76. The Bertz CT molecular complexity index is 128. The van der Waals surface area contributed by atoms with Crippen molar-refractivity contribution >= 4 is 0 Å². The van der Waals surface area contributed by atoms with E-state index in [9.17, 15) is 0 Å². The molecule has 0 rings (SSSR count). The first kappa shape index (κ1) is 11.5. The first-order valence-electron chi connectivity index (χ1n) is 4.44. The van der Waals surface area contributed by atoms with Crippen LogP contribution in [0.2, 0.25) is 0 Å². The normalized spacial score (nSPS) is 12.4. The van der Waals surface area contributed by atoms with Gasteiger partial charge >= 0.3 is 0 Å². The van der Waals surface area contributed by atoms with E-state index in [4.69, 9.17) is 11.2 Å². The molecular weight excluding hydrogens is 150 g/mol. The second-order valence-corrected chi connectivity index (χ2v) is 3.04. The third-order valence-electron chi connectivity index (χ3n) is 1.76. The largest absolute Gasteiger partial charge is 0.383 e. The summed E-state index contributed by atoms with van der Waals surface area (Å²) in [6, 6.07) is 0. The summed E-state index contributed by atoms with van der Waals surface area (Å²) in [5.41, 5.74) is 0. The molecule has 0 saturated heterocycles. The van der Waals surface area contributed by atoms with Gasteiger partial charge in [-0.25, -0.2) is 0 Å². The maximum Gasteiger partial charge on any atom is 0.0587 e. The Kier molecular flexibility index (Phi) is 8.20. The Morgan fingerprint density at radius 1 is 1.58 bits per heavy atom.